The number of ether oxygens (including phenoxy) is 3. The molecule has 0 atom stereocenters. The number of aromatic nitrogens is 2. The predicted molar refractivity (Wildman–Crippen MR) is 85.0 cm³/mol. The van der Waals surface area contributed by atoms with Crippen LogP contribution in [0.3, 0.4) is 0 Å². The molecule has 24 heavy (non-hydrogen) atoms. The summed E-state index contributed by atoms with van der Waals surface area (Å²) in [5, 5.41) is 4.16. The van der Waals surface area contributed by atoms with E-state index in [-0.39, 0.29) is 19.3 Å². The van der Waals surface area contributed by atoms with Gasteiger partial charge in [0.25, 0.3) is 0 Å². The van der Waals surface area contributed by atoms with Crippen LogP contribution in [0.5, 0.6) is 11.5 Å². The van der Waals surface area contributed by atoms with Crippen molar-refractivity contribution in [2.24, 2.45) is 0 Å². The number of fused-ring (bicyclic) bond motifs is 1. The summed E-state index contributed by atoms with van der Waals surface area (Å²) in [5.74, 6) is 0.746. The summed E-state index contributed by atoms with van der Waals surface area (Å²) in [7, 11) is 0. The molecule has 1 aromatic carbocycles. The average Bonchev–Trinajstić information content (AvgIpc) is 3.11. The summed E-state index contributed by atoms with van der Waals surface area (Å²) < 4.78 is 17.4. The molecule has 0 bridgehead atoms. The van der Waals surface area contributed by atoms with Gasteiger partial charge in [0.1, 0.15) is 12.1 Å². The minimum atomic E-state index is -0.547. The number of benzene rings is 1. The highest BCUT2D eigenvalue weighted by Gasteiger charge is 2.20. The van der Waals surface area contributed by atoms with Crippen LogP contribution in [0.1, 0.15) is 31.1 Å². The van der Waals surface area contributed by atoms with E-state index in [0.717, 1.165) is 6.29 Å². The van der Waals surface area contributed by atoms with Crippen molar-refractivity contribution in [3.8, 4) is 22.6 Å². The van der Waals surface area contributed by atoms with E-state index in [2.05, 4.69) is 5.10 Å². The summed E-state index contributed by atoms with van der Waals surface area (Å²) in [6.07, 6.45) is 4.03. The number of hydrogen-bond donors (Lipinski definition) is 0. The third-order valence-corrected chi connectivity index (χ3v) is 3.33. The van der Waals surface area contributed by atoms with Crippen LogP contribution in [0.15, 0.2) is 24.5 Å². The van der Waals surface area contributed by atoms with Crippen LogP contribution in [0.4, 0.5) is 0 Å². The number of aldehydes is 1. The Kier molecular flexibility index (Phi) is 4.01. The van der Waals surface area contributed by atoms with E-state index in [1.54, 1.807) is 24.5 Å². The first-order valence-corrected chi connectivity index (χ1v) is 7.49. The molecule has 2 aromatic rings. The lowest BCUT2D eigenvalue weighted by Crippen LogP contribution is -2.26. The van der Waals surface area contributed by atoms with Crippen LogP contribution in [-0.2, 0) is 16.1 Å². The second kappa shape index (κ2) is 5.99. The lowest BCUT2D eigenvalue weighted by molar-refractivity contribution is -0.155. The molecule has 126 valence electrons. The van der Waals surface area contributed by atoms with Crippen LogP contribution in [-0.4, -0.2) is 34.4 Å². The van der Waals surface area contributed by atoms with Crippen molar-refractivity contribution in [3.63, 3.8) is 0 Å². The van der Waals surface area contributed by atoms with Gasteiger partial charge in [-0.2, -0.15) is 5.10 Å². The minimum absolute atomic E-state index is 0.00174. The van der Waals surface area contributed by atoms with Gasteiger partial charge in [0.05, 0.1) is 6.20 Å². The molecule has 1 aromatic heterocycles. The molecule has 7 nitrogen and oxygen atoms in total. The van der Waals surface area contributed by atoms with Crippen LogP contribution in [0.2, 0.25) is 0 Å². The number of esters is 1. The van der Waals surface area contributed by atoms with Crippen molar-refractivity contribution in [3.05, 3.63) is 30.1 Å². The molecule has 7 heteroatoms. The quantitative estimate of drug-likeness (QED) is 0.633. The topological polar surface area (TPSA) is 79.7 Å². The van der Waals surface area contributed by atoms with Crippen LogP contribution in [0.25, 0.3) is 11.1 Å². The first kappa shape index (κ1) is 16.0. The molecule has 0 fully saturated rings. The Bertz CT molecular complexity index is 789. The average molecular weight is 330 g/mol. The Morgan fingerprint density at radius 2 is 2.04 bits per heavy atom. The van der Waals surface area contributed by atoms with Gasteiger partial charge in [-0.05, 0) is 38.5 Å². The first-order chi connectivity index (χ1) is 11.4. The van der Waals surface area contributed by atoms with Gasteiger partial charge in [-0.25, -0.2) is 0 Å². The molecule has 0 saturated carbocycles. The molecule has 1 aliphatic heterocycles. The van der Waals surface area contributed by atoms with E-state index < -0.39 is 5.60 Å². The van der Waals surface area contributed by atoms with Gasteiger partial charge in [0.15, 0.2) is 17.8 Å². The van der Waals surface area contributed by atoms with Gasteiger partial charge in [-0.1, -0.05) is 0 Å². The molecule has 3 rings (SSSR count). The molecule has 0 saturated heterocycles. The number of rotatable bonds is 4. The molecule has 0 amide bonds. The third kappa shape index (κ3) is 3.40. The minimum Gasteiger partial charge on any atom is -0.459 e. The maximum Gasteiger partial charge on any atom is 0.328 e. The molecule has 0 aliphatic carbocycles. The number of carbonyl (C=O) groups excluding carboxylic acids is 2. The number of hydrogen-bond acceptors (Lipinski definition) is 6. The highest BCUT2D eigenvalue weighted by molar-refractivity contribution is 5.89. The normalized spacial score (nSPS) is 13.0. The van der Waals surface area contributed by atoms with E-state index in [4.69, 9.17) is 14.2 Å². The molecular weight excluding hydrogens is 312 g/mol. The number of nitrogens with zero attached hydrogens (tertiary/aromatic N) is 2. The van der Waals surface area contributed by atoms with Crippen molar-refractivity contribution in [2.45, 2.75) is 32.9 Å². The van der Waals surface area contributed by atoms with Gasteiger partial charge in [0.2, 0.25) is 6.79 Å². The van der Waals surface area contributed by atoms with Crippen molar-refractivity contribution >= 4 is 12.3 Å². The zero-order chi connectivity index (χ0) is 17.3. The van der Waals surface area contributed by atoms with Crippen molar-refractivity contribution in [2.75, 3.05) is 6.79 Å². The lowest BCUT2D eigenvalue weighted by atomic mass is 10.0. The largest absolute Gasteiger partial charge is 0.459 e. The monoisotopic (exact) mass is 330 g/mol. The van der Waals surface area contributed by atoms with E-state index in [1.165, 1.54) is 4.68 Å². The SMILES string of the molecule is CC(C)(C)OC(=O)Cn1cc(-c2cc3c(cc2C=O)OCO3)cn1. The lowest BCUT2D eigenvalue weighted by Gasteiger charge is -2.19. The fourth-order valence-electron chi connectivity index (χ4n) is 2.40. The Balaban J connectivity index is 1.83. The Morgan fingerprint density at radius 1 is 1.33 bits per heavy atom. The van der Waals surface area contributed by atoms with Crippen LogP contribution >= 0.6 is 0 Å². The third-order valence-electron chi connectivity index (χ3n) is 3.33. The molecule has 2 heterocycles. The highest BCUT2D eigenvalue weighted by atomic mass is 16.7. The second-order valence-corrected chi connectivity index (χ2v) is 6.42. The van der Waals surface area contributed by atoms with Gasteiger partial charge < -0.3 is 14.2 Å². The second-order valence-electron chi connectivity index (χ2n) is 6.42. The summed E-state index contributed by atoms with van der Waals surface area (Å²) in [4.78, 5) is 23.2. The number of carbonyl (C=O) groups is 2. The van der Waals surface area contributed by atoms with E-state index >= 15 is 0 Å². The van der Waals surface area contributed by atoms with E-state index in [0.29, 0.717) is 28.2 Å². The molecule has 0 spiro atoms. The van der Waals surface area contributed by atoms with Crippen molar-refractivity contribution in [1.29, 1.82) is 0 Å². The summed E-state index contributed by atoms with van der Waals surface area (Å²) in [5.41, 5.74) is 1.30. The standard InChI is InChI=1S/C17H18N2O5/c1-17(2,3)24-16(21)8-19-7-12(6-18-19)13-5-15-14(22-10-23-15)4-11(13)9-20/h4-7,9H,8,10H2,1-3H3. The van der Waals surface area contributed by atoms with Crippen molar-refractivity contribution in [1.82, 2.24) is 9.78 Å². The smallest absolute Gasteiger partial charge is 0.328 e. The fourth-order valence-corrected chi connectivity index (χ4v) is 2.40. The Labute approximate surface area is 139 Å². The highest BCUT2D eigenvalue weighted by Crippen LogP contribution is 2.38. The van der Waals surface area contributed by atoms with Crippen LogP contribution in [0, 0.1) is 0 Å². The van der Waals surface area contributed by atoms with Crippen molar-refractivity contribution < 1.29 is 23.8 Å². The molecule has 0 radical (unpaired) electrons. The fraction of sp³-hybridized carbons (Fsp3) is 0.353. The van der Waals surface area contributed by atoms with E-state index in [1.807, 2.05) is 20.8 Å². The zero-order valence-corrected chi connectivity index (χ0v) is 13.7. The van der Waals surface area contributed by atoms with Gasteiger partial charge in [0, 0.05) is 17.3 Å². The first-order valence-electron chi connectivity index (χ1n) is 7.49. The summed E-state index contributed by atoms with van der Waals surface area (Å²) >= 11 is 0. The molecule has 1 aliphatic rings. The van der Waals surface area contributed by atoms with Crippen LogP contribution < -0.4 is 9.47 Å². The molecular formula is C17H18N2O5. The van der Waals surface area contributed by atoms with Gasteiger partial charge in [-0.15, -0.1) is 0 Å². The predicted octanol–water partition coefficient (Wildman–Crippen LogP) is 2.43. The maximum absolute atomic E-state index is 11.9. The summed E-state index contributed by atoms with van der Waals surface area (Å²) in [6, 6.07) is 3.37. The van der Waals surface area contributed by atoms with E-state index in [9.17, 15) is 9.59 Å². The maximum atomic E-state index is 11.9. The Hall–Kier alpha value is -2.83. The Morgan fingerprint density at radius 3 is 2.71 bits per heavy atom. The van der Waals surface area contributed by atoms with Gasteiger partial charge in [-0.3, -0.25) is 14.3 Å². The molecule has 0 N–H and O–H groups in total. The molecule has 0 unspecified atom stereocenters. The van der Waals surface area contributed by atoms with Gasteiger partial charge >= 0.3 is 5.97 Å². The zero-order valence-electron chi connectivity index (χ0n) is 13.7. The summed E-state index contributed by atoms with van der Waals surface area (Å²) in [6.45, 7) is 5.56.